The molecule has 4 aliphatic rings. The summed E-state index contributed by atoms with van der Waals surface area (Å²) in [6.07, 6.45) is 11.6. The molecule has 0 aromatic rings. The zero-order valence-electron chi connectivity index (χ0n) is 15.2. The van der Waals surface area contributed by atoms with Gasteiger partial charge in [0.15, 0.2) is 0 Å². The summed E-state index contributed by atoms with van der Waals surface area (Å²) >= 11 is 0. The molecule has 2 nitrogen and oxygen atoms in total. The van der Waals surface area contributed by atoms with Gasteiger partial charge in [-0.3, -0.25) is 0 Å². The van der Waals surface area contributed by atoms with Gasteiger partial charge in [0, 0.05) is 6.42 Å². The first-order valence-electron chi connectivity index (χ1n) is 9.44. The van der Waals surface area contributed by atoms with E-state index in [0.29, 0.717) is 0 Å². The lowest BCUT2D eigenvalue weighted by molar-refractivity contribution is 0.186. The highest BCUT2D eigenvalue weighted by Crippen LogP contribution is 2.68. The molecule has 0 amide bonds. The summed E-state index contributed by atoms with van der Waals surface area (Å²) in [5, 5.41) is 0. The van der Waals surface area contributed by atoms with Gasteiger partial charge in [0.25, 0.3) is 0 Å². The van der Waals surface area contributed by atoms with Gasteiger partial charge in [-0.2, -0.15) is 0 Å². The smallest absolute Gasteiger partial charge is 0.101 e. The number of ether oxygens (including phenoxy) is 2. The molecule has 21 heavy (non-hydrogen) atoms. The Kier molecular flexibility index (Phi) is 4.81. The van der Waals surface area contributed by atoms with Crippen LogP contribution < -0.4 is 0 Å². The molecule has 0 aromatic carbocycles. The minimum Gasteiger partial charge on any atom is -0.363 e. The highest BCUT2D eigenvalue weighted by Gasteiger charge is 2.76. The first-order valence-corrected chi connectivity index (χ1v) is 9.44. The van der Waals surface area contributed by atoms with Crippen LogP contribution in [0.3, 0.4) is 0 Å². The zero-order chi connectivity index (χ0) is 15.8. The van der Waals surface area contributed by atoms with Crippen LogP contribution in [0.25, 0.3) is 0 Å². The predicted molar refractivity (Wildman–Crippen MR) is 88.7 cm³/mol. The van der Waals surface area contributed by atoms with Crippen LogP contribution in [-0.2, 0) is 9.47 Å². The Morgan fingerprint density at radius 3 is 1.29 bits per heavy atom. The first-order chi connectivity index (χ1) is 10.0. The van der Waals surface area contributed by atoms with Gasteiger partial charge in [-0.05, 0) is 39.5 Å². The Hall–Kier alpha value is -0.0800. The Morgan fingerprint density at radius 2 is 0.952 bits per heavy atom. The molecule has 4 fully saturated rings. The molecule has 2 aliphatic carbocycles. The van der Waals surface area contributed by atoms with E-state index in [-0.39, 0.29) is 22.4 Å². The van der Waals surface area contributed by atoms with Crippen molar-refractivity contribution in [3.8, 4) is 0 Å². The van der Waals surface area contributed by atoms with Crippen LogP contribution in [-0.4, -0.2) is 22.4 Å². The Bertz CT molecular complexity index is 327. The third kappa shape index (κ3) is 2.57. The molecule has 4 unspecified atom stereocenters. The van der Waals surface area contributed by atoms with E-state index in [1.165, 1.54) is 57.8 Å². The second kappa shape index (κ2) is 5.85. The molecule has 0 aromatic heterocycles. The minimum absolute atomic E-state index is 0.195. The summed E-state index contributed by atoms with van der Waals surface area (Å²) in [5.41, 5.74) is 0.787. The summed E-state index contributed by atoms with van der Waals surface area (Å²) in [4.78, 5) is 0. The standard InChI is InChI=1S/C15H24O2.2C2H6/c1-12-7-3-5-9-14(12,16-12)11-15-10-6-4-8-13(15,2)17-15;2*1-2/h3-11H2,1-2H3;2*1-2H3. The fraction of sp³-hybridized carbons (Fsp3) is 1.00. The average Bonchev–Trinajstić information content (AvgIpc) is 3.32. The third-order valence-electron chi connectivity index (χ3n) is 6.23. The van der Waals surface area contributed by atoms with Crippen LogP contribution in [0.2, 0.25) is 0 Å². The number of hydrogen-bond acceptors (Lipinski definition) is 2. The molecule has 124 valence electrons. The van der Waals surface area contributed by atoms with E-state index in [1.54, 1.807) is 0 Å². The van der Waals surface area contributed by atoms with Gasteiger partial charge >= 0.3 is 0 Å². The molecule has 2 saturated carbocycles. The molecule has 0 radical (unpaired) electrons. The summed E-state index contributed by atoms with van der Waals surface area (Å²) in [6, 6.07) is 0. The molecule has 2 heteroatoms. The highest BCUT2D eigenvalue weighted by atomic mass is 16.7. The van der Waals surface area contributed by atoms with Gasteiger partial charge < -0.3 is 9.47 Å². The molecular formula is C19H36O2. The predicted octanol–water partition coefficient (Wildman–Crippen LogP) is 5.63. The lowest BCUT2D eigenvalue weighted by Crippen LogP contribution is -2.37. The number of fused-ring (bicyclic) bond motifs is 2. The topological polar surface area (TPSA) is 25.1 Å². The maximum atomic E-state index is 6.21. The maximum Gasteiger partial charge on any atom is 0.101 e. The second-order valence-corrected chi connectivity index (χ2v) is 7.25. The SMILES string of the molecule is CC.CC.CC12CCCCC1(CC13CCCCC1(C)O3)O2. The van der Waals surface area contributed by atoms with E-state index in [4.69, 9.17) is 9.47 Å². The highest BCUT2D eigenvalue weighted by molar-refractivity contribution is 5.25. The van der Waals surface area contributed by atoms with Gasteiger partial charge in [-0.25, -0.2) is 0 Å². The molecule has 2 saturated heterocycles. The summed E-state index contributed by atoms with van der Waals surface area (Å²) in [5.74, 6) is 0. The molecule has 0 N–H and O–H groups in total. The van der Waals surface area contributed by atoms with Crippen molar-refractivity contribution in [3.05, 3.63) is 0 Å². The third-order valence-corrected chi connectivity index (χ3v) is 6.23. The zero-order valence-corrected chi connectivity index (χ0v) is 15.2. The molecule has 2 aliphatic heterocycles. The second-order valence-electron chi connectivity index (χ2n) is 7.25. The number of epoxide rings is 2. The van der Waals surface area contributed by atoms with Gasteiger partial charge in [0.1, 0.15) is 11.2 Å². The Labute approximate surface area is 132 Å². The van der Waals surface area contributed by atoms with Crippen molar-refractivity contribution in [1.82, 2.24) is 0 Å². The number of rotatable bonds is 2. The van der Waals surface area contributed by atoms with Gasteiger partial charge in [-0.1, -0.05) is 53.4 Å². The van der Waals surface area contributed by atoms with E-state index < -0.39 is 0 Å². The summed E-state index contributed by atoms with van der Waals surface area (Å²) in [6.45, 7) is 12.6. The van der Waals surface area contributed by atoms with Gasteiger partial charge in [-0.15, -0.1) is 0 Å². The van der Waals surface area contributed by atoms with Crippen molar-refractivity contribution < 1.29 is 9.47 Å². The van der Waals surface area contributed by atoms with Crippen molar-refractivity contribution in [2.45, 2.75) is 122 Å². The Balaban J connectivity index is 0.000000374. The molecule has 0 spiro atoms. The summed E-state index contributed by atoms with van der Waals surface area (Å²) < 4.78 is 12.4. The molecule has 4 rings (SSSR count). The van der Waals surface area contributed by atoms with Gasteiger partial charge in [0.05, 0.1) is 11.2 Å². The van der Waals surface area contributed by atoms with Gasteiger partial charge in [0.2, 0.25) is 0 Å². The molecular weight excluding hydrogens is 260 g/mol. The van der Waals surface area contributed by atoms with E-state index in [2.05, 4.69) is 13.8 Å². The lowest BCUT2D eigenvalue weighted by atomic mass is 9.70. The van der Waals surface area contributed by atoms with Crippen LogP contribution in [0.5, 0.6) is 0 Å². The van der Waals surface area contributed by atoms with E-state index >= 15 is 0 Å². The fourth-order valence-electron chi connectivity index (χ4n) is 4.83. The molecule has 4 atom stereocenters. The molecule has 2 heterocycles. The van der Waals surface area contributed by atoms with Crippen LogP contribution >= 0.6 is 0 Å². The monoisotopic (exact) mass is 296 g/mol. The van der Waals surface area contributed by atoms with Crippen molar-refractivity contribution in [2.24, 2.45) is 0 Å². The van der Waals surface area contributed by atoms with E-state index in [0.717, 1.165) is 0 Å². The lowest BCUT2D eigenvalue weighted by Gasteiger charge is -2.28. The number of hydrogen-bond donors (Lipinski definition) is 0. The average molecular weight is 296 g/mol. The fourth-order valence-corrected chi connectivity index (χ4v) is 4.83. The van der Waals surface area contributed by atoms with Crippen molar-refractivity contribution >= 4 is 0 Å². The van der Waals surface area contributed by atoms with Crippen molar-refractivity contribution in [2.75, 3.05) is 0 Å². The van der Waals surface area contributed by atoms with Crippen molar-refractivity contribution in [3.63, 3.8) is 0 Å². The normalized spacial score (nSPS) is 49.4. The molecule has 0 bridgehead atoms. The Morgan fingerprint density at radius 1 is 0.619 bits per heavy atom. The maximum absolute atomic E-state index is 6.21. The van der Waals surface area contributed by atoms with Crippen LogP contribution in [0.4, 0.5) is 0 Å². The van der Waals surface area contributed by atoms with E-state index in [9.17, 15) is 0 Å². The quantitative estimate of drug-likeness (QED) is 0.617. The van der Waals surface area contributed by atoms with Crippen LogP contribution in [0, 0.1) is 0 Å². The largest absolute Gasteiger partial charge is 0.363 e. The van der Waals surface area contributed by atoms with Crippen molar-refractivity contribution in [1.29, 1.82) is 0 Å². The summed E-state index contributed by atoms with van der Waals surface area (Å²) in [7, 11) is 0. The first kappa shape index (κ1) is 17.3. The van der Waals surface area contributed by atoms with Crippen LogP contribution in [0.1, 0.15) is 99.3 Å². The van der Waals surface area contributed by atoms with Crippen LogP contribution in [0.15, 0.2) is 0 Å². The minimum atomic E-state index is 0.195. The van der Waals surface area contributed by atoms with E-state index in [1.807, 2.05) is 27.7 Å².